The van der Waals surface area contributed by atoms with Gasteiger partial charge in [-0.3, -0.25) is 0 Å². The molecule has 0 radical (unpaired) electrons. The summed E-state index contributed by atoms with van der Waals surface area (Å²) in [5, 5.41) is 9.75. The van der Waals surface area contributed by atoms with Gasteiger partial charge in [-0.15, -0.1) is 10.2 Å². The summed E-state index contributed by atoms with van der Waals surface area (Å²) in [5.74, 6) is 0.372. The van der Waals surface area contributed by atoms with Gasteiger partial charge in [-0.25, -0.2) is 0 Å². The standard InChI is InChI=1S/C12H16F3N3O/c1-19-7-6-11(4-5-11)8-16-10-3-2-9(17-18-10)12(13,14)15/h2-3H,4-8H2,1H3,(H,16,18). The number of hydrogen-bond donors (Lipinski definition) is 1. The molecule has 0 aromatic carbocycles. The third-order valence-corrected chi connectivity index (χ3v) is 3.39. The number of halogens is 3. The van der Waals surface area contributed by atoms with Crippen LogP contribution in [-0.2, 0) is 10.9 Å². The van der Waals surface area contributed by atoms with E-state index in [1.165, 1.54) is 6.07 Å². The summed E-state index contributed by atoms with van der Waals surface area (Å²) in [6.45, 7) is 1.39. The van der Waals surface area contributed by atoms with E-state index in [0.717, 1.165) is 25.3 Å². The Morgan fingerprint density at radius 3 is 2.53 bits per heavy atom. The molecule has 1 saturated carbocycles. The van der Waals surface area contributed by atoms with Crippen LogP contribution in [0, 0.1) is 5.41 Å². The quantitative estimate of drug-likeness (QED) is 0.867. The van der Waals surface area contributed by atoms with Crippen molar-refractivity contribution in [3.05, 3.63) is 17.8 Å². The van der Waals surface area contributed by atoms with Crippen LogP contribution < -0.4 is 5.32 Å². The minimum Gasteiger partial charge on any atom is -0.385 e. The summed E-state index contributed by atoms with van der Waals surface area (Å²) in [4.78, 5) is 0. The minimum atomic E-state index is -4.44. The van der Waals surface area contributed by atoms with Crippen molar-refractivity contribution in [1.82, 2.24) is 10.2 Å². The fourth-order valence-electron chi connectivity index (χ4n) is 1.87. The first-order valence-electron chi connectivity index (χ1n) is 6.09. The van der Waals surface area contributed by atoms with Gasteiger partial charge in [0.25, 0.3) is 0 Å². The molecule has 0 amide bonds. The van der Waals surface area contributed by atoms with Gasteiger partial charge in [0.1, 0.15) is 5.82 Å². The Balaban J connectivity index is 1.87. The first-order chi connectivity index (χ1) is 8.95. The van der Waals surface area contributed by atoms with Gasteiger partial charge in [0.15, 0.2) is 5.69 Å². The van der Waals surface area contributed by atoms with Crippen molar-refractivity contribution < 1.29 is 17.9 Å². The van der Waals surface area contributed by atoms with Crippen molar-refractivity contribution in [2.24, 2.45) is 5.41 Å². The number of ether oxygens (including phenoxy) is 1. The van der Waals surface area contributed by atoms with E-state index in [4.69, 9.17) is 4.74 Å². The van der Waals surface area contributed by atoms with Crippen LogP contribution in [0.25, 0.3) is 0 Å². The average molecular weight is 275 g/mol. The molecule has 1 fully saturated rings. The van der Waals surface area contributed by atoms with Crippen LogP contribution in [0.15, 0.2) is 12.1 Å². The second-order valence-electron chi connectivity index (χ2n) is 4.90. The number of rotatable bonds is 6. The van der Waals surface area contributed by atoms with Crippen LogP contribution in [-0.4, -0.2) is 30.5 Å². The Hall–Kier alpha value is -1.37. The number of nitrogens with one attached hydrogen (secondary N) is 1. The second-order valence-corrected chi connectivity index (χ2v) is 4.90. The molecule has 1 N–H and O–H groups in total. The number of methoxy groups -OCH3 is 1. The van der Waals surface area contributed by atoms with Gasteiger partial charge in [0.05, 0.1) is 0 Å². The van der Waals surface area contributed by atoms with Crippen molar-refractivity contribution in [2.75, 3.05) is 25.6 Å². The first kappa shape index (κ1) is 14.0. The molecule has 0 saturated heterocycles. The molecule has 0 bridgehead atoms. The van der Waals surface area contributed by atoms with Gasteiger partial charge < -0.3 is 10.1 Å². The molecule has 0 unspecified atom stereocenters. The zero-order valence-electron chi connectivity index (χ0n) is 10.6. The molecule has 1 aliphatic rings. The van der Waals surface area contributed by atoms with Crippen molar-refractivity contribution >= 4 is 5.82 Å². The fraction of sp³-hybridized carbons (Fsp3) is 0.667. The number of hydrogen-bond acceptors (Lipinski definition) is 4. The summed E-state index contributed by atoms with van der Waals surface area (Å²) < 4.78 is 42.0. The Kier molecular flexibility index (Phi) is 3.93. The molecule has 0 spiro atoms. The molecule has 0 aliphatic heterocycles. The molecule has 0 atom stereocenters. The lowest BCUT2D eigenvalue weighted by Gasteiger charge is -2.15. The molecule has 1 aromatic heterocycles. The predicted octanol–water partition coefficient (Wildman–Crippen LogP) is 2.72. The lowest BCUT2D eigenvalue weighted by Crippen LogP contribution is -2.18. The third-order valence-electron chi connectivity index (χ3n) is 3.39. The maximum absolute atomic E-state index is 12.3. The van der Waals surface area contributed by atoms with Crippen LogP contribution in [0.4, 0.5) is 19.0 Å². The maximum Gasteiger partial charge on any atom is 0.435 e. The highest BCUT2D eigenvalue weighted by molar-refractivity contribution is 5.34. The van der Waals surface area contributed by atoms with E-state index in [9.17, 15) is 13.2 Å². The van der Waals surface area contributed by atoms with Gasteiger partial charge >= 0.3 is 6.18 Å². The van der Waals surface area contributed by atoms with E-state index in [1.807, 2.05) is 0 Å². The third kappa shape index (κ3) is 3.79. The fourth-order valence-corrected chi connectivity index (χ4v) is 1.87. The van der Waals surface area contributed by atoms with E-state index < -0.39 is 11.9 Å². The van der Waals surface area contributed by atoms with E-state index in [2.05, 4.69) is 15.5 Å². The van der Waals surface area contributed by atoms with Crippen LogP contribution in [0.2, 0.25) is 0 Å². The summed E-state index contributed by atoms with van der Waals surface area (Å²) in [7, 11) is 1.66. The van der Waals surface area contributed by atoms with Crippen molar-refractivity contribution in [2.45, 2.75) is 25.4 Å². The predicted molar refractivity (Wildman–Crippen MR) is 63.7 cm³/mol. The van der Waals surface area contributed by atoms with Crippen LogP contribution in [0.3, 0.4) is 0 Å². The van der Waals surface area contributed by atoms with Crippen LogP contribution in [0.5, 0.6) is 0 Å². The number of anilines is 1. The van der Waals surface area contributed by atoms with Gasteiger partial charge in [0, 0.05) is 20.3 Å². The number of alkyl halides is 3. The molecule has 19 heavy (non-hydrogen) atoms. The molecular weight excluding hydrogens is 259 g/mol. The van der Waals surface area contributed by atoms with Gasteiger partial charge in [0.2, 0.25) is 0 Å². The number of aromatic nitrogens is 2. The van der Waals surface area contributed by atoms with Crippen molar-refractivity contribution in [3.8, 4) is 0 Å². The molecule has 1 aliphatic carbocycles. The van der Waals surface area contributed by atoms with Gasteiger partial charge in [-0.1, -0.05) is 0 Å². The highest BCUT2D eigenvalue weighted by Gasteiger charge is 2.41. The second kappa shape index (κ2) is 5.32. The molecule has 1 heterocycles. The smallest absolute Gasteiger partial charge is 0.385 e. The maximum atomic E-state index is 12.3. The van der Waals surface area contributed by atoms with Crippen LogP contribution in [0.1, 0.15) is 25.0 Å². The number of nitrogens with zero attached hydrogens (tertiary/aromatic N) is 2. The normalized spacial score (nSPS) is 17.3. The molecule has 2 rings (SSSR count). The summed E-state index contributed by atoms with van der Waals surface area (Å²) >= 11 is 0. The molecule has 106 valence electrons. The van der Waals surface area contributed by atoms with Gasteiger partial charge in [-0.05, 0) is 36.8 Å². The average Bonchev–Trinajstić information content (AvgIpc) is 3.14. The summed E-state index contributed by atoms with van der Waals surface area (Å²) in [6, 6.07) is 2.24. The van der Waals surface area contributed by atoms with Crippen molar-refractivity contribution in [3.63, 3.8) is 0 Å². The molecule has 1 aromatic rings. The SMILES string of the molecule is COCCC1(CNc2ccc(C(F)(F)F)nn2)CC1. The topological polar surface area (TPSA) is 47.0 Å². The van der Waals surface area contributed by atoms with E-state index in [0.29, 0.717) is 19.0 Å². The van der Waals surface area contributed by atoms with Gasteiger partial charge in [-0.2, -0.15) is 13.2 Å². The Labute approximate surface area is 109 Å². The van der Waals surface area contributed by atoms with E-state index in [-0.39, 0.29) is 5.41 Å². The highest BCUT2D eigenvalue weighted by atomic mass is 19.4. The first-order valence-corrected chi connectivity index (χ1v) is 6.09. The molecular formula is C12H16F3N3O. The Bertz CT molecular complexity index is 415. The van der Waals surface area contributed by atoms with Crippen LogP contribution >= 0.6 is 0 Å². The van der Waals surface area contributed by atoms with E-state index >= 15 is 0 Å². The lowest BCUT2D eigenvalue weighted by atomic mass is 10.0. The summed E-state index contributed by atoms with van der Waals surface area (Å²) in [6.07, 6.45) is -1.28. The highest BCUT2D eigenvalue weighted by Crippen LogP contribution is 2.48. The monoisotopic (exact) mass is 275 g/mol. The van der Waals surface area contributed by atoms with Crippen molar-refractivity contribution in [1.29, 1.82) is 0 Å². The lowest BCUT2D eigenvalue weighted by molar-refractivity contribution is -0.141. The molecule has 4 nitrogen and oxygen atoms in total. The van der Waals surface area contributed by atoms with E-state index in [1.54, 1.807) is 7.11 Å². The Morgan fingerprint density at radius 1 is 1.32 bits per heavy atom. The molecule has 7 heteroatoms. The largest absolute Gasteiger partial charge is 0.435 e. The zero-order valence-corrected chi connectivity index (χ0v) is 10.6. The summed E-state index contributed by atoms with van der Waals surface area (Å²) in [5.41, 5.74) is -0.765. The minimum absolute atomic E-state index is 0.209. The zero-order chi connectivity index (χ0) is 13.9. The Morgan fingerprint density at radius 2 is 2.05 bits per heavy atom.